The molecular weight excluding hydrogens is 256 g/mol. The molecule has 2 unspecified atom stereocenters. The molecule has 2 rings (SSSR count). The lowest BCUT2D eigenvalue weighted by Gasteiger charge is -2.30. The predicted octanol–water partition coefficient (Wildman–Crippen LogP) is 3.99. The Hall–Kier alpha value is -0.860. The third kappa shape index (κ3) is 5.12. The number of aryl methyl sites for hydroxylation is 1. The molecule has 1 aromatic rings. The van der Waals surface area contributed by atoms with E-state index in [-0.39, 0.29) is 0 Å². The normalized spacial score (nSPS) is 23.2. The second kappa shape index (κ2) is 8.55. The lowest BCUT2D eigenvalue weighted by Crippen LogP contribution is -2.40. The Bertz CT molecular complexity index is 416. The van der Waals surface area contributed by atoms with E-state index in [9.17, 15) is 0 Å². The van der Waals surface area contributed by atoms with E-state index in [0.29, 0.717) is 0 Å². The highest BCUT2D eigenvalue weighted by atomic mass is 15.1. The molecule has 118 valence electrons. The lowest BCUT2D eigenvalue weighted by molar-refractivity contribution is 0.219. The van der Waals surface area contributed by atoms with Crippen molar-refractivity contribution in [2.24, 2.45) is 5.92 Å². The molecule has 0 heterocycles. The predicted molar refractivity (Wildman–Crippen MR) is 91.6 cm³/mol. The molecule has 2 atom stereocenters. The molecule has 0 spiro atoms. The fraction of sp³-hybridized carbons (Fsp3) is 0.684. The molecule has 1 aromatic carbocycles. The highest BCUT2D eigenvalue weighted by Gasteiger charge is 2.24. The van der Waals surface area contributed by atoms with Crippen LogP contribution in [-0.2, 0) is 6.54 Å². The summed E-state index contributed by atoms with van der Waals surface area (Å²) in [6.45, 7) is 7.84. The molecule has 0 aliphatic heterocycles. The standard InChI is InChI=1S/C19H32N2/c1-4-20-19-13-7-5-6-12-18(19)15-21(3)14-17-11-9-8-10-16(17)2/h8-11,18-20H,4-7,12-15H2,1-3H3. The quantitative estimate of drug-likeness (QED) is 0.796. The first-order valence-electron chi connectivity index (χ1n) is 8.67. The number of hydrogen-bond donors (Lipinski definition) is 1. The Kier molecular flexibility index (Phi) is 6.72. The van der Waals surface area contributed by atoms with Gasteiger partial charge in [-0.1, -0.05) is 50.5 Å². The van der Waals surface area contributed by atoms with Crippen molar-refractivity contribution in [2.45, 2.75) is 58.5 Å². The van der Waals surface area contributed by atoms with Crippen LogP contribution in [0.1, 0.15) is 50.2 Å². The van der Waals surface area contributed by atoms with Crippen molar-refractivity contribution >= 4 is 0 Å². The topological polar surface area (TPSA) is 15.3 Å². The van der Waals surface area contributed by atoms with Crippen molar-refractivity contribution in [3.63, 3.8) is 0 Å². The van der Waals surface area contributed by atoms with Gasteiger partial charge in [0.25, 0.3) is 0 Å². The molecule has 1 fully saturated rings. The molecule has 21 heavy (non-hydrogen) atoms. The summed E-state index contributed by atoms with van der Waals surface area (Å²) in [5.41, 5.74) is 2.88. The van der Waals surface area contributed by atoms with E-state index in [0.717, 1.165) is 25.0 Å². The monoisotopic (exact) mass is 288 g/mol. The van der Waals surface area contributed by atoms with Gasteiger partial charge in [-0.2, -0.15) is 0 Å². The summed E-state index contributed by atoms with van der Waals surface area (Å²) in [6.07, 6.45) is 6.97. The van der Waals surface area contributed by atoms with E-state index in [1.54, 1.807) is 0 Å². The highest BCUT2D eigenvalue weighted by Crippen LogP contribution is 2.24. The molecule has 1 aliphatic carbocycles. The summed E-state index contributed by atoms with van der Waals surface area (Å²) >= 11 is 0. The lowest BCUT2D eigenvalue weighted by atomic mass is 9.94. The Morgan fingerprint density at radius 1 is 1.14 bits per heavy atom. The molecule has 0 aromatic heterocycles. The molecule has 1 saturated carbocycles. The van der Waals surface area contributed by atoms with Crippen molar-refractivity contribution in [2.75, 3.05) is 20.1 Å². The maximum absolute atomic E-state index is 3.73. The minimum atomic E-state index is 0.719. The number of hydrogen-bond acceptors (Lipinski definition) is 2. The summed E-state index contributed by atoms with van der Waals surface area (Å²) in [7, 11) is 2.28. The smallest absolute Gasteiger partial charge is 0.0233 e. The second-order valence-corrected chi connectivity index (χ2v) is 6.69. The van der Waals surface area contributed by atoms with Crippen LogP contribution in [0.5, 0.6) is 0 Å². The number of nitrogens with one attached hydrogen (secondary N) is 1. The average molecular weight is 288 g/mol. The first-order valence-corrected chi connectivity index (χ1v) is 8.67. The SMILES string of the molecule is CCNC1CCCCCC1CN(C)Cc1ccccc1C. The van der Waals surface area contributed by atoms with Gasteiger partial charge in [0.1, 0.15) is 0 Å². The van der Waals surface area contributed by atoms with Gasteiger partial charge in [-0.25, -0.2) is 0 Å². The summed E-state index contributed by atoms with van der Waals surface area (Å²) in [5.74, 6) is 0.807. The van der Waals surface area contributed by atoms with Gasteiger partial charge >= 0.3 is 0 Å². The van der Waals surface area contributed by atoms with E-state index in [2.05, 4.69) is 55.4 Å². The van der Waals surface area contributed by atoms with Crippen LogP contribution in [0.2, 0.25) is 0 Å². The maximum Gasteiger partial charge on any atom is 0.0233 e. The minimum absolute atomic E-state index is 0.719. The van der Waals surface area contributed by atoms with Crippen LogP contribution in [0.25, 0.3) is 0 Å². The molecule has 0 radical (unpaired) electrons. The molecule has 0 bridgehead atoms. The van der Waals surface area contributed by atoms with Crippen LogP contribution in [0.3, 0.4) is 0 Å². The van der Waals surface area contributed by atoms with Crippen LogP contribution in [0, 0.1) is 12.8 Å². The van der Waals surface area contributed by atoms with Crippen molar-refractivity contribution in [1.29, 1.82) is 0 Å². The van der Waals surface area contributed by atoms with Gasteiger partial charge in [0.05, 0.1) is 0 Å². The fourth-order valence-corrected chi connectivity index (χ4v) is 3.68. The molecule has 0 saturated heterocycles. The molecule has 1 N–H and O–H groups in total. The Balaban J connectivity index is 1.93. The fourth-order valence-electron chi connectivity index (χ4n) is 3.68. The third-order valence-corrected chi connectivity index (χ3v) is 4.87. The number of rotatable bonds is 6. The van der Waals surface area contributed by atoms with E-state index in [4.69, 9.17) is 0 Å². The highest BCUT2D eigenvalue weighted by molar-refractivity contribution is 5.25. The molecule has 1 aliphatic rings. The van der Waals surface area contributed by atoms with Crippen LogP contribution < -0.4 is 5.32 Å². The summed E-state index contributed by atoms with van der Waals surface area (Å²) < 4.78 is 0. The first kappa shape index (κ1) is 16.5. The number of nitrogens with zero attached hydrogens (tertiary/aromatic N) is 1. The summed E-state index contributed by atoms with van der Waals surface area (Å²) in [5, 5.41) is 3.73. The van der Waals surface area contributed by atoms with Gasteiger partial charge in [-0.3, -0.25) is 0 Å². The van der Waals surface area contributed by atoms with Crippen LogP contribution >= 0.6 is 0 Å². The van der Waals surface area contributed by atoms with Gasteiger partial charge in [-0.15, -0.1) is 0 Å². The van der Waals surface area contributed by atoms with Crippen molar-refractivity contribution in [3.8, 4) is 0 Å². The second-order valence-electron chi connectivity index (χ2n) is 6.69. The average Bonchev–Trinajstić information content (AvgIpc) is 2.68. The Morgan fingerprint density at radius 2 is 1.90 bits per heavy atom. The molecular formula is C19H32N2. The Labute approximate surface area is 130 Å². The van der Waals surface area contributed by atoms with Crippen LogP contribution in [-0.4, -0.2) is 31.1 Å². The van der Waals surface area contributed by atoms with Gasteiger partial charge < -0.3 is 10.2 Å². The molecule has 0 amide bonds. The first-order chi connectivity index (χ1) is 10.2. The molecule has 2 nitrogen and oxygen atoms in total. The largest absolute Gasteiger partial charge is 0.314 e. The van der Waals surface area contributed by atoms with Crippen LogP contribution in [0.15, 0.2) is 24.3 Å². The summed E-state index contributed by atoms with van der Waals surface area (Å²) in [6, 6.07) is 9.49. The maximum atomic E-state index is 3.73. The van der Waals surface area contributed by atoms with Gasteiger partial charge in [0.2, 0.25) is 0 Å². The van der Waals surface area contributed by atoms with Gasteiger partial charge in [-0.05, 0) is 50.4 Å². The zero-order valence-corrected chi connectivity index (χ0v) is 14.1. The Morgan fingerprint density at radius 3 is 2.67 bits per heavy atom. The van der Waals surface area contributed by atoms with Crippen molar-refractivity contribution < 1.29 is 0 Å². The van der Waals surface area contributed by atoms with E-state index >= 15 is 0 Å². The van der Waals surface area contributed by atoms with Crippen LogP contribution in [0.4, 0.5) is 0 Å². The summed E-state index contributed by atoms with van der Waals surface area (Å²) in [4.78, 5) is 2.52. The van der Waals surface area contributed by atoms with Gasteiger partial charge in [0, 0.05) is 19.1 Å². The zero-order valence-electron chi connectivity index (χ0n) is 14.1. The zero-order chi connectivity index (χ0) is 15.1. The van der Waals surface area contributed by atoms with Crippen molar-refractivity contribution in [3.05, 3.63) is 35.4 Å². The van der Waals surface area contributed by atoms with E-state index < -0.39 is 0 Å². The van der Waals surface area contributed by atoms with E-state index in [1.807, 2.05) is 0 Å². The number of benzene rings is 1. The molecule has 2 heteroatoms. The van der Waals surface area contributed by atoms with Crippen molar-refractivity contribution in [1.82, 2.24) is 10.2 Å². The minimum Gasteiger partial charge on any atom is -0.314 e. The third-order valence-electron chi connectivity index (χ3n) is 4.87. The van der Waals surface area contributed by atoms with Gasteiger partial charge in [0.15, 0.2) is 0 Å². The van der Waals surface area contributed by atoms with E-state index in [1.165, 1.54) is 49.8 Å².